The minimum Gasteiger partial charge on any atom is -0.311 e. The van der Waals surface area contributed by atoms with Gasteiger partial charge in [0.1, 0.15) is 4.60 Å². The average molecular weight is 293 g/mol. The van der Waals surface area contributed by atoms with Gasteiger partial charge in [0.05, 0.1) is 18.1 Å². The zero-order valence-corrected chi connectivity index (χ0v) is 10.9. The Balaban J connectivity index is 1.99. The number of hydrogen-bond acceptors (Lipinski definition) is 3. The number of hydrogen-bond donors (Lipinski definition) is 1. The van der Waals surface area contributed by atoms with Crippen LogP contribution >= 0.6 is 15.9 Å². The molecule has 0 atom stereocenters. The van der Waals surface area contributed by atoms with Gasteiger partial charge in [-0.15, -0.1) is 12.3 Å². The second kappa shape index (κ2) is 5.80. The van der Waals surface area contributed by atoms with Crippen molar-refractivity contribution in [3.05, 3.63) is 28.9 Å². The van der Waals surface area contributed by atoms with Gasteiger partial charge in [0.2, 0.25) is 0 Å². The summed E-state index contributed by atoms with van der Waals surface area (Å²) >= 11 is 3.35. The van der Waals surface area contributed by atoms with Gasteiger partial charge in [-0.1, -0.05) is 0 Å². The van der Waals surface area contributed by atoms with Crippen LogP contribution in [0, 0.1) is 12.3 Å². The molecule has 0 spiro atoms. The number of unbranched alkanes of at least 4 members (excludes halogenated alkanes) is 1. The zero-order chi connectivity index (χ0) is 12.1. The fourth-order valence-corrected chi connectivity index (χ4v) is 1.89. The maximum Gasteiger partial charge on any atom is 0.155 e. The summed E-state index contributed by atoms with van der Waals surface area (Å²) < 4.78 is 2.82. The summed E-state index contributed by atoms with van der Waals surface area (Å²) in [7, 11) is 0. The molecule has 1 N–H and O–H groups in total. The number of halogens is 1. The van der Waals surface area contributed by atoms with E-state index in [9.17, 15) is 0 Å². The van der Waals surface area contributed by atoms with Gasteiger partial charge in [-0.25, -0.2) is 9.97 Å². The number of rotatable bonds is 5. The molecule has 0 aliphatic carbocycles. The molecule has 2 aromatic heterocycles. The molecule has 2 rings (SSSR count). The zero-order valence-electron chi connectivity index (χ0n) is 9.36. The van der Waals surface area contributed by atoms with Gasteiger partial charge >= 0.3 is 0 Å². The van der Waals surface area contributed by atoms with E-state index < -0.39 is 0 Å². The van der Waals surface area contributed by atoms with Crippen molar-refractivity contribution in [2.75, 3.05) is 6.54 Å². The van der Waals surface area contributed by atoms with E-state index in [4.69, 9.17) is 6.42 Å². The Kier molecular flexibility index (Phi) is 4.13. The third kappa shape index (κ3) is 3.05. The fraction of sp³-hybridized carbons (Fsp3) is 0.333. The second-order valence-electron chi connectivity index (χ2n) is 3.67. The van der Waals surface area contributed by atoms with Gasteiger partial charge in [0.25, 0.3) is 0 Å². The molecule has 0 amide bonds. The van der Waals surface area contributed by atoms with Crippen molar-refractivity contribution >= 4 is 21.6 Å². The Labute approximate surface area is 109 Å². The third-order valence-corrected chi connectivity index (χ3v) is 2.83. The number of terminal acetylenes is 1. The third-order valence-electron chi connectivity index (χ3n) is 2.42. The normalized spacial score (nSPS) is 10.6. The van der Waals surface area contributed by atoms with E-state index in [0.29, 0.717) is 0 Å². The van der Waals surface area contributed by atoms with Gasteiger partial charge in [-0.3, -0.25) is 4.40 Å². The lowest BCUT2D eigenvalue weighted by Gasteiger charge is -2.03. The van der Waals surface area contributed by atoms with Crippen LogP contribution in [-0.4, -0.2) is 20.9 Å². The topological polar surface area (TPSA) is 42.2 Å². The number of fused-ring (bicyclic) bond motifs is 1. The van der Waals surface area contributed by atoms with Crippen molar-refractivity contribution in [1.82, 2.24) is 19.7 Å². The standard InChI is InChI=1S/C12H13BrN4/c1-2-3-4-5-14-6-10-7-16-12-8-15-11(13)9-17(10)12/h1,7-9,14H,3-6H2. The number of nitrogens with one attached hydrogen (secondary N) is 1. The molecule has 5 heteroatoms. The van der Waals surface area contributed by atoms with E-state index in [-0.39, 0.29) is 0 Å². The van der Waals surface area contributed by atoms with Crippen LogP contribution in [0.2, 0.25) is 0 Å². The number of imidazole rings is 1. The minimum absolute atomic E-state index is 0.780. The number of aromatic nitrogens is 3. The molecule has 2 aromatic rings. The van der Waals surface area contributed by atoms with Gasteiger partial charge in [0.15, 0.2) is 5.65 Å². The molecule has 0 saturated heterocycles. The molecule has 0 aliphatic rings. The first kappa shape index (κ1) is 12.1. The average Bonchev–Trinajstić information content (AvgIpc) is 2.72. The molecule has 2 heterocycles. The van der Waals surface area contributed by atoms with Gasteiger partial charge in [-0.05, 0) is 28.9 Å². The van der Waals surface area contributed by atoms with Crippen LogP contribution in [0.5, 0.6) is 0 Å². The molecule has 0 aromatic carbocycles. The van der Waals surface area contributed by atoms with Crippen molar-refractivity contribution in [2.45, 2.75) is 19.4 Å². The van der Waals surface area contributed by atoms with Gasteiger partial charge in [-0.2, -0.15) is 0 Å². The Morgan fingerprint density at radius 1 is 1.41 bits per heavy atom. The first-order valence-corrected chi connectivity index (χ1v) is 6.22. The van der Waals surface area contributed by atoms with Crippen molar-refractivity contribution in [2.24, 2.45) is 0 Å². The molecule has 0 bridgehead atoms. The quantitative estimate of drug-likeness (QED) is 0.677. The molecule has 0 unspecified atom stereocenters. The monoisotopic (exact) mass is 292 g/mol. The van der Waals surface area contributed by atoms with Crippen LogP contribution in [0.25, 0.3) is 5.65 Å². The number of nitrogens with zero attached hydrogens (tertiary/aromatic N) is 3. The molecule has 0 radical (unpaired) electrons. The lowest BCUT2D eigenvalue weighted by atomic mass is 10.3. The van der Waals surface area contributed by atoms with Crippen LogP contribution < -0.4 is 5.32 Å². The van der Waals surface area contributed by atoms with Crippen molar-refractivity contribution in [1.29, 1.82) is 0 Å². The maximum absolute atomic E-state index is 5.19. The molecule has 88 valence electrons. The van der Waals surface area contributed by atoms with Crippen LogP contribution in [0.3, 0.4) is 0 Å². The van der Waals surface area contributed by atoms with Crippen LogP contribution in [0.15, 0.2) is 23.2 Å². The summed E-state index contributed by atoms with van der Waals surface area (Å²) in [6.45, 7) is 1.70. The molecule has 0 aliphatic heterocycles. The van der Waals surface area contributed by atoms with E-state index in [1.807, 2.05) is 16.8 Å². The van der Waals surface area contributed by atoms with Gasteiger partial charge < -0.3 is 5.32 Å². The summed E-state index contributed by atoms with van der Waals surface area (Å²) in [5.41, 5.74) is 1.97. The highest BCUT2D eigenvalue weighted by atomic mass is 79.9. The van der Waals surface area contributed by atoms with Crippen LogP contribution in [0.1, 0.15) is 18.5 Å². The van der Waals surface area contributed by atoms with E-state index in [0.717, 1.165) is 41.9 Å². The Morgan fingerprint density at radius 2 is 2.29 bits per heavy atom. The van der Waals surface area contributed by atoms with Crippen LogP contribution in [-0.2, 0) is 6.54 Å². The maximum atomic E-state index is 5.19. The minimum atomic E-state index is 0.780. The van der Waals surface area contributed by atoms with Crippen molar-refractivity contribution in [3.8, 4) is 12.3 Å². The predicted octanol–water partition coefficient (Wildman–Crippen LogP) is 1.99. The summed E-state index contributed by atoms with van der Waals surface area (Å²) in [6.07, 6.45) is 12.5. The summed E-state index contributed by atoms with van der Waals surface area (Å²) in [6, 6.07) is 0. The fourth-order valence-electron chi connectivity index (χ4n) is 1.58. The van der Waals surface area contributed by atoms with Crippen molar-refractivity contribution in [3.63, 3.8) is 0 Å². The Hall–Kier alpha value is -1.38. The first-order valence-electron chi connectivity index (χ1n) is 5.43. The van der Waals surface area contributed by atoms with Gasteiger partial charge in [0, 0.05) is 19.2 Å². The second-order valence-corrected chi connectivity index (χ2v) is 4.48. The van der Waals surface area contributed by atoms with E-state index >= 15 is 0 Å². The lowest BCUT2D eigenvalue weighted by molar-refractivity contribution is 0.646. The first-order chi connectivity index (χ1) is 8.31. The lowest BCUT2D eigenvalue weighted by Crippen LogP contribution is -2.15. The van der Waals surface area contributed by atoms with E-state index in [2.05, 4.69) is 37.1 Å². The SMILES string of the molecule is C#CCCCNCc1cnc2cnc(Br)cn12. The molecule has 0 saturated carbocycles. The molecular formula is C12H13BrN4. The molecule has 0 fully saturated rings. The highest BCUT2D eigenvalue weighted by Gasteiger charge is 2.03. The summed E-state index contributed by atoms with van der Waals surface area (Å²) in [5, 5.41) is 3.34. The smallest absolute Gasteiger partial charge is 0.155 e. The predicted molar refractivity (Wildman–Crippen MR) is 70.5 cm³/mol. The molecule has 4 nitrogen and oxygen atoms in total. The Bertz CT molecular complexity index is 541. The van der Waals surface area contributed by atoms with Crippen LogP contribution in [0.4, 0.5) is 0 Å². The molecule has 17 heavy (non-hydrogen) atoms. The molecular weight excluding hydrogens is 280 g/mol. The largest absolute Gasteiger partial charge is 0.311 e. The highest BCUT2D eigenvalue weighted by Crippen LogP contribution is 2.10. The summed E-state index contributed by atoms with van der Waals surface area (Å²) in [5.74, 6) is 2.63. The van der Waals surface area contributed by atoms with Crippen molar-refractivity contribution < 1.29 is 0 Å². The van der Waals surface area contributed by atoms with E-state index in [1.165, 1.54) is 0 Å². The summed E-state index contributed by atoms with van der Waals surface area (Å²) in [4.78, 5) is 8.41. The van der Waals surface area contributed by atoms with E-state index in [1.54, 1.807) is 6.20 Å². The highest BCUT2D eigenvalue weighted by molar-refractivity contribution is 9.10. The Morgan fingerprint density at radius 3 is 3.12 bits per heavy atom.